The zero-order chi connectivity index (χ0) is 15.9. The number of hydrogen-bond donors (Lipinski definition) is 0. The predicted molar refractivity (Wildman–Crippen MR) is 83.1 cm³/mol. The van der Waals surface area contributed by atoms with Crippen molar-refractivity contribution in [2.75, 3.05) is 0 Å². The van der Waals surface area contributed by atoms with Crippen LogP contribution < -0.4 is 4.74 Å². The summed E-state index contributed by atoms with van der Waals surface area (Å²) >= 11 is 3.48. The molecule has 0 N–H and O–H groups in total. The van der Waals surface area contributed by atoms with Crippen LogP contribution in [-0.2, 0) is 6.61 Å². The molecule has 3 rings (SSSR count). The van der Waals surface area contributed by atoms with Gasteiger partial charge in [-0.05, 0) is 53.5 Å². The number of rotatable bonds is 3. The average Bonchev–Trinajstić information content (AvgIpc) is 2.74. The molecule has 0 spiro atoms. The van der Waals surface area contributed by atoms with Gasteiger partial charge in [0.05, 0.1) is 21.2 Å². The third-order valence-corrected chi connectivity index (χ3v) is 4.35. The van der Waals surface area contributed by atoms with Crippen LogP contribution >= 0.6 is 15.9 Å². The molecule has 114 valence electrons. The normalized spacial score (nSPS) is 11.1. The molecule has 0 aliphatic rings. The fourth-order valence-electron chi connectivity index (χ4n) is 2.25. The lowest BCUT2D eigenvalue weighted by Gasteiger charge is -2.10. The van der Waals surface area contributed by atoms with Crippen LogP contribution in [-0.4, -0.2) is 9.61 Å². The van der Waals surface area contributed by atoms with Crippen molar-refractivity contribution in [3.8, 4) is 5.88 Å². The maximum atomic E-state index is 13.7. The number of pyridine rings is 1. The third-order valence-electron chi connectivity index (χ3n) is 3.37. The Kier molecular flexibility index (Phi) is 3.87. The van der Waals surface area contributed by atoms with Crippen LogP contribution in [0.1, 0.15) is 16.8 Å². The molecule has 0 saturated carbocycles. The van der Waals surface area contributed by atoms with Gasteiger partial charge in [0.2, 0.25) is 5.88 Å². The Morgan fingerprint density at radius 3 is 2.55 bits per heavy atom. The van der Waals surface area contributed by atoms with Crippen molar-refractivity contribution in [2.45, 2.75) is 20.5 Å². The van der Waals surface area contributed by atoms with Gasteiger partial charge in [-0.3, -0.25) is 0 Å². The minimum atomic E-state index is -0.623. The number of fused-ring (bicyclic) bond motifs is 1. The highest BCUT2D eigenvalue weighted by molar-refractivity contribution is 9.10. The fraction of sp³-hybridized carbons (Fsp3) is 0.188. The van der Waals surface area contributed by atoms with E-state index in [4.69, 9.17) is 4.74 Å². The lowest BCUT2D eigenvalue weighted by Crippen LogP contribution is -2.05. The maximum Gasteiger partial charge on any atom is 0.215 e. The van der Waals surface area contributed by atoms with Crippen molar-refractivity contribution >= 4 is 21.4 Å². The number of hydrogen-bond acceptors (Lipinski definition) is 2. The van der Waals surface area contributed by atoms with Gasteiger partial charge < -0.3 is 4.74 Å². The smallest absolute Gasteiger partial charge is 0.215 e. The van der Waals surface area contributed by atoms with Gasteiger partial charge >= 0.3 is 0 Å². The second kappa shape index (κ2) is 5.68. The Morgan fingerprint density at radius 1 is 1.18 bits per heavy atom. The Morgan fingerprint density at radius 2 is 1.86 bits per heavy atom. The van der Waals surface area contributed by atoms with Gasteiger partial charge in [-0.25, -0.2) is 8.78 Å². The number of nitrogens with zero attached hydrogens (tertiary/aromatic N) is 2. The van der Waals surface area contributed by atoms with Crippen LogP contribution in [0.2, 0.25) is 0 Å². The zero-order valence-electron chi connectivity index (χ0n) is 12.0. The van der Waals surface area contributed by atoms with E-state index >= 15 is 0 Å². The van der Waals surface area contributed by atoms with Crippen LogP contribution in [0.3, 0.4) is 0 Å². The molecule has 0 amide bonds. The van der Waals surface area contributed by atoms with Gasteiger partial charge in [0, 0.05) is 6.07 Å². The first kappa shape index (κ1) is 15.0. The molecule has 22 heavy (non-hydrogen) atoms. The first-order valence-electron chi connectivity index (χ1n) is 6.68. The summed E-state index contributed by atoms with van der Waals surface area (Å²) in [4.78, 5) is 0. The molecule has 1 aromatic carbocycles. The molecule has 0 fully saturated rings. The molecule has 0 saturated heterocycles. The first-order chi connectivity index (χ1) is 10.5. The SMILES string of the molecule is Cc1cc(OCc2c(F)cccc2F)n2nc(C)c(Br)c2c1. The number of aromatic nitrogens is 2. The highest BCUT2D eigenvalue weighted by Gasteiger charge is 2.14. The lowest BCUT2D eigenvalue weighted by atomic mass is 10.2. The van der Waals surface area contributed by atoms with E-state index in [1.807, 2.05) is 19.9 Å². The minimum absolute atomic E-state index is 0.0971. The Bertz CT molecular complexity index is 841. The average molecular weight is 367 g/mol. The third kappa shape index (κ3) is 2.59. The van der Waals surface area contributed by atoms with Gasteiger partial charge in [0.15, 0.2) is 0 Å². The summed E-state index contributed by atoms with van der Waals surface area (Å²) in [6.45, 7) is 3.59. The molecule has 0 atom stereocenters. The number of aryl methyl sites for hydroxylation is 2. The highest BCUT2D eigenvalue weighted by Crippen LogP contribution is 2.27. The predicted octanol–water partition coefficient (Wildman–Crippen LogP) is 4.57. The maximum absolute atomic E-state index is 13.7. The zero-order valence-corrected chi connectivity index (χ0v) is 13.6. The Labute approximate surface area is 134 Å². The van der Waals surface area contributed by atoms with E-state index in [1.54, 1.807) is 10.6 Å². The molecule has 0 aliphatic carbocycles. The van der Waals surface area contributed by atoms with Crippen LogP contribution in [0.4, 0.5) is 8.78 Å². The summed E-state index contributed by atoms with van der Waals surface area (Å²) in [6.07, 6.45) is 0. The largest absolute Gasteiger partial charge is 0.473 e. The topological polar surface area (TPSA) is 26.5 Å². The summed E-state index contributed by atoms with van der Waals surface area (Å²) < 4.78 is 35.4. The molecular weight excluding hydrogens is 354 g/mol. The second-order valence-electron chi connectivity index (χ2n) is 5.06. The van der Waals surface area contributed by atoms with E-state index < -0.39 is 11.6 Å². The molecule has 0 unspecified atom stereocenters. The van der Waals surface area contributed by atoms with E-state index in [9.17, 15) is 8.78 Å². The van der Waals surface area contributed by atoms with Crippen molar-refractivity contribution in [3.05, 3.63) is 63.3 Å². The first-order valence-corrected chi connectivity index (χ1v) is 7.48. The molecule has 3 nitrogen and oxygen atoms in total. The molecule has 2 heterocycles. The van der Waals surface area contributed by atoms with E-state index in [2.05, 4.69) is 21.0 Å². The van der Waals surface area contributed by atoms with E-state index in [0.29, 0.717) is 5.88 Å². The van der Waals surface area contributed by atoms with Crippen LogP contribution in [0.15, 0.2) is 34.8 Å². The summed E-state index contributed by atoms with van der Waals surface area (Å²) in [6, 6.07) is 7.49. The molecule has 3 aromatic rings. The van der Waals surface area contributed by atoms with Gasteiger partial charge in [-0.2, -0.15) is 9.61 Å². The second-order valence-corrected chi connectivity index (χ2v) is 5.85. The van der Waals surface area contributed by atoms with Gasteiger partial charge in [-0.1, -0.05) is 6.07 Å². The van der Waals surface area contributed by atoms with Crippen molar-refractivity contribution in [2.24, 2.45) is 0 Å². The van der Waals surface area contributed by atoms with Crippen molar-refractivity contribution in [1.29, 1.82) is 0 Å². The van der Waals surface area contributed by atoms with Crippen LogP contribution in [0.5, 0.6) is 5.88 Å². The van der Waals surface area contributed by atoms with Gasteiger partial charge in [0.1, 0.15) is 18.2 Å². The Balaban J connectivity index is 1.99. The monoisotopic (exact) mass is 366 g/mol. The molecule has 0 bridgehead atoms. The molecule has 2 aromatic heterocycles. The number of ether oxygens (including phenoxy) is 1. The summed E-state index contributed by atoms with van der Waals surface area (Å²) in [5, 5.41) is 4.37. The standard InChI is InChI=1S/C16H13BrF2N2O/c1-9-6-14-16(17)10(2)20-21(14)15(7-9)22-8-11-12(18)4-3-5-13(11)19/h3-7H,8H2,1-2H3. The Hall–Kier alpha value is -1.95. The van der Waals surface area contributed by atoms with Gasteiger partial charge in [-0.15, -0.1) is 0 Å². The summed E-state index contributed by atoms with van der Waals surface area (Å²) in [7, 11) is 0. The minimum Gasteiger partial charge on any atom is -0.473 e. The molecular formula is C16H13BrF2N2O. The van der Waals surface area contributed by atoms with Crippen LogP contribution in [0.25, 0.3) is 5.52 Å². The summed E-state index contributed by atoms with van der Waals surface area (Å²) in [5.74, 6) is -0.810. The van der Waals surface area contributed by atoms with Crippen LogP contribution in [0, 0.1) is 25.5 Å². The number of halogens is 3. The lowest BCUT2D eigenvalue weighted by molar-refractivity contribution is 0.274. The van der Waals surface area contributed by atoms with Crippen molar-refractivity contribution in [3.63, 3.8) is 0 Å². The summed E-state index contributed by atoms with van der Waals surface area (Å²) in [5.41, 5.74) is 2.53. The van der Waals surface area contributed by atoms with E-state index in [0.717, 1.165) is 21.2 Å². The quantitative estimate of drug-likeness (QED) is 0.678. The molecule has 0 aliphatic heterocycles. The molecule has 6 heteroatoms. The highest BCUT2D eigenvalue weighted by atomic mass is 79.9. The van der Waals surface area contributed by atoms with Gasteiger partial charge in [0.25, 0.3) is 0 Å². The van der Waals surface area contributed by atoms with Crippen molar-refractivity contribution < 1.29 is 13.5 Å². The van der Waals surface area contributed by atoms with Crippen molar-refractivity contribution in [1.82, 2.24) is 9.61 Å². The fourth-order valence-corrected chi connectivity index (χ4v) is 2.61. The van der Waals surface area contributed by atoms with E-state index in [1.165, 1.54) is 18.2 Å². The molecule has 0 radical (unpaired) electrons. The van der Waals surface area contributed by atoms with E-state index in [-0.39, 0.29) is 12.2 Å². The number of benzene rings is 1.